The molecule has 1 aromatic heterocycles. The van der Waals surface area contributed by atoms with Crippen molar-refractivity contribution in [2.24, 2.45) is 0 Å². The fraction of sp³-hybridized carbons (Fsp3) is 0.333. The maximum atomic E-state index is 4.47. The van der Waals surface area contributed by atoms with Crippen LogP contribution in [0.5, 0.6) is 0 Å². The summed E-state index contributed by atoms with van der Waals surface area (Å²) in [6.07, 6.45) is 6.77. The lowest BCUT2D eigenvalue weighted by Crippen LogP contribution is -2.01. The smallest absolute Gasteiger partial charge is 0.0907 e. The normalized spacial score (nSPS) is 15.1. The van der Waals surface area contributed by atoms with Crippen LogP contribution >= 0.6 is 20.1 Å². The van der Waals surface area contributed by atoms with Crippen molar-refractivity contribution in [3.05, 3.63) is 23.2 Å². The molecule has 0 N–H and O–H groups in total. The Kier molecular flexibility index (Phi) is 2.11. The summed E-state index contributed by atoms with van der Waals surface area (Å²) in [4.78, 5) is 5.83. The number of rotatable bonds is 1. The highest BCUT2D eigenvalue weighted by Gasteiger charge is 2.15. The quantitative estimate of drug-likeness (QED) is 0.693. The van der Waals surface area contributed by atoms with E-state index in [0.29, 0.717) is 0 Å². The second-order valence-electron chi connectivity index (χ2n) is 5.21. The molecule has 82 valence electrons. The van der Waals surface area contributed by atoms with E-state index in [0.717, 1.165) is 10.5 Å². The zero-order valence-corrected chi connectivity index (χ0v) is 11.3. The van der Waals surface area contributed by atoms with Gasteiger partial charge >= 0.3 is 0 Å². The van der Waals surface area contributed by atoms with Gasteiger partial charge in [-0.2, -0.15) is 0 Å². The molecule has 0 bridgehead atoms. The maximum absolute atomic E-state index is 4.47. The van der Waals surface area contributed by atoms with E-state index in [-0.39, 0.29) is 0 Å². The van der Waals surface area contributed by atoms with Crippen LogP contribution in [-0.4, -0.2) is 29.6 Å². The molecule has 1 aromatic carbocycles. The van der Waals surface area contributed by atoms with Crippen molar-refractivity contribution in [3.63, 3.8) is 0 Å². The minimum absolute atomic E-state index is 1.11. The van der Waals surface area contributed by atoms with Gasteiger partial charge in [-0.3, -0.25) is 0 Å². The Balaban J connectivity index is 2.72. The van der Waals surface area contributed by atoms with E-state index >= 15 is 0 Å². The monoisotopic (exact) mass is 239 g/mol. The summed E-state index contributed by atoms with van der Waals surface area (Å²) in [6, 6.07) is 6.55. The molecule has 0 aliphatic rings. The number of aryl methyl sites for hydroxylation is 1. The third-order valence-electron chi connectivity index (χ3n) is 2.34. The SMILES string of the molecule is C=S(C)(C)(C)c1ccc2nc(C)sc2c1. The van der Waals surface area contributed by atoms with E-state index in [1.165, 1.54) is 9.60 Å². The molecule has 0 saturated carbocycles. The molecule has 0 atom stereocenters. The molecule has 0 saturated heterocycles. The van der Waals surface area contributed by atoms with E-state index in [4.69, 9.17) is 0 Å². The predicted molar refractivity (Wildman–Crippen MR) is 75.1 cm³/mol. The number of hydrogen-bond donors (Lipinski definition) is 0. The first kappa shape index (κ1) is 10.8. The third kappa shape index (κ3) is 2.13. The lowest BCUT2D eigenvalue weighted by atomic mass is 10.3. The number of hydrogen-bond acceptors (Lipinski definition) is 2. The maximum Gasteiger partial charge on any atom is 0.0907 e. The molecule has 0 spiro atoms. The molecule has 0 amide bonds. The third-order valence-corrected chi connectivity index (χ3v) is 5.28. The van der Waals surface area contributed by atoms with Gasteiger partial charge in [-0.1, -0.05) is 5.87 Å². The van der Waals surface area contributed by atoms with Gasteiger partial charge in [0.25, 0.3) is 0 Å². The van der Waals surface area contributed by atoms with Crippen LogP contribution in [0.3, 0.4) is 0 Å². The Morgan fingerprint density at radius 1 is 1.27 bits per heavy atom. The van der Waals surface area contributed by atoms with Gasteiger partial charge < -0.3 is 0 Å². The van der Waals surface area contributed by atoms with Crippen LogP contribution in [0.25, 0.3) is 10.2 Å². The Bertz CT molecular complexity index is 576. The van der Waals surface area contributed by atoms with E-state index in [2.05, 4.69) is 54.7 Å². The summed E-state index contributed by atoms with van der Waals surface area (Å²) in [5.74, 6) is 4.38. The van der Waals surface area contributed by atoms with Crippen molar-refractivity contribution in [3.8, 4) is 0 Å². The van der Waals surface area contributed by atoms with E-state index in [1.54, 1.807) is 11.3 Å². The van der Waals surface area contributed by atoms with Crippen molar-refractivity contribution >= 4 is 36.2 Å². The lowest BCUT2D eigenvalue weighted by Gasteiger charge is -2.36. The molecule has 1 heterocycles. The second kappa shape index (κ2) is 2.92. The second-order valence-corrected chi connectivity index (χ2v) is 12.6. The lowest BCUT2D eigenvalue weighted by molar-refractivity contribution is 1.34. The van der Waals surface area contributed by atoms with Gasteiger partial charge in [0, 0.05) is 0 Å². The van der Waals surface area contributed by atoms with Gasteiger partial charge in [0.1, 0.15) is 0 Å². The van der Waals surface area contributed by atoms with Crippen LogP contribution in [0.15, 0.2) is 23.1 Å². The summed E-state index contributed by atoms with van der Waals surface area (Å²) in [5.41, 5.74) is 1.11. The molecular formula is C12H17NS2. The summed E-state index contributed by atoms with van der Waals surface area (Å²) in [6.45, 7) is 2.05. The van der Waals surface area contributed by atoms with Gasteiger partial charge in [-0.15, -0.1) is 11.3 Å². The van der Waals surface area contributed by atoms with Crippen LogP contribution in [0.4, 0.5) is 0 Å². The molecule has 0 unspecified atom stereocenters. The highest BCUT2D eigenvalue weighted by Crippen LogP contribution is 2.54. The molecule has 0 fully saturated rings. The first-order valence-electron chi connectivity index (χ1n) is 4.81. The zero-order valence-electron chi connectivity index (χ0n) is 9.70. The van der Waals surface area contributed by atoms with Gasteiger partial charge in [-0.25, -0.2) is 13.7 Å². The molecule has 15 heavy (non-hydrogen) atoms. The number of nitrogens with zero attached hydrogens (tertiary/aromatic N) is 1. The van der Waals surface area contributed by atoms with Gasteiger partial charge in [0.05, 0.1) is 15.2 Å². The van der Waals surface area contributed by atoms with E-state index in [1.807, 2.05) is 0 Å². The highest BCUT2D eigenvalue weighted by molar-refractivity contribution is 8.45. The molecule has 3 heteroatoms. The molecule has 0 radical (unpaired) electrons. The molecule has 2 aromatic rings. The number of thiazole rings is 1. The van der Waals surface area contributed by atoms with Gasteiger partial charge in [0.15, 0.2) is 0 Å². The molecular weight excluding hydrogens is 222 g/mol. The van der Waals surface area contributed by atoms with Crippen LogP contribution < -0.4 is 0 Å². The summed E-state index contributed by atoms with van der Waals surface area (Å²) in [5, 5.41) is 1.13. The molecule has 2 rings (SSSR count). The standard InChI is InChI=1S/C12H17NS2/c1-9-13-11-7-6-10(8-12(11)14-9)15(2,3,4)5/h6-8H,2H2,1,3-5H3. The number of fused-ring (bicyclic) bond motifs is 1. The summed E-state index contributed by atoms with van der Waals surface area (Å²) < 4.78 is 1.28. The van der Waals surface area contributed by atoms with Crippen molar-refractivity contribution in [1.29, 1.82) is 0 Å². The Labute approximate surface area is 95.0 Å². The Morgan fingerprint density at radius 3 is 2.53 bits per heavy atom. The first-order valence-corrected chi connectivity index (χ1v) is 9.06. The van der Waals surface area contributed by atoms with Gasteiger partial charge in [-0.05, 0) is 48.8 Å². The van der Waals surface area contributed by atoms with Crippen LogP contribution in [0.2, 0.25) is 0 Å². The minimum atomic E-state index is -1.63. The zero-order chi connectivity index (χ0) is 11.3. The Morgan fingerprint density at radius 2 is 1.93 bits per heavy atom. The average molecular weight is 239 g/mol. The fourth-order valence-corrected chi connectivity index (χ4v) is 3.56. The summed E-state index contributed by atoms with van der Waals surface area (Å²) >= 11 is 1.76. The average Bonchev–Trinajstić information content (AvgIpc) is 2.39. The molecule has 0 aliphatic heterocycles. The van der Waals surface area contributed by atoms with Crippen molar-refractivity contribution in [1.82, 2.24) is 4.98 Å². The topological polar surface area (TPSA) is 12.9 Å². The number of aromatic nitrogens is 1. The number of benzene rings is 1. The fourth-order valence-electron chi connectivity index (χ4n) is 1.49. The predicted octanol–water partition coefficient (Wildman–Crippen LogP) is 3.63. The van der Waals surface area contributed by atoms with Crippen LogP contribution in [-0.2, 0) is 0 Å². The highest BCUT2D eigenvalue weighted by atomic mass is 32.3. The van der Waals surface area contributed by atoms with Crippen LogP contribution in [0.1, 0.15) is 5.01 Å². The van der Waals surface area contributed by atoms with E-state index in [9.17, 15) is 0 Å². The van der Waals surface area contributed by atoms with Crippen molar-refractivity contribution in [2.45, 2.75) is 11.8 Å². The minimum Gasteiger partial charge on any atom is -0.242 e. The van der Waals surface area contributed by atoms with E-state index < -0.39 is 8.75 Å². The van der Waals surface area contributed by atoms with Crippen molar-refractivity contribution in [2.75, 3.05) is 18.8 Å². The largest absolute Gasteiger partial charge is 0.242 e. The first-order chi connectivity index (χ1) is 6.72. The molecule has 0 aliphatic carbocycles. The summed E-state index contributed by atoms with van der Waals surface area (Å²) in [7, 11) is -1.63. The van der Waals surface area contributed by atoms with Crippen molar-refractivity contribution < 1.29 is 0 Å². The Hall–Kier alpha value is -0.670. The van der Waals surface area contributed by atoms with Crippen LogP contribution in [0, 0.1) is 6.92 Å². The van der Waals surface area contributed by atoms with Gasteiger partial charge in [0.2, 0.25) is 0 Å². The molecule has 1 nitrogen and oxygen atoms in total.